The van der Waals surface area contributed by atoms with Gasteiger partial charge in [-0.3, -0.25) is 4.79 Å². The van der Waals surface area contributed by atoms with Crippen LogP contribution in [0.2, 0.25) is 0 Å². The number of halogens is 4. The monoisotopic (exact) mass is 311 g/mol. The van der Waals surface area contributed by atoms with Crippen molar-refractivity contribution in [3.63, 3.8) is 0 Å². The average molecular weight is 311 g/mol. The number of carbonyl (C=O) groups is 1. The van der Waals surface area contributed by atoms with Gasteiger partial charge in [-0.25, -0.2) is 4.39 Å². The molecule has 1 amide bonds. The number of alkyl halides is 3. The van der Waals surface area contributed by atoms with E-state index in [1.54, 1.807) is 30.3 Å². The molecule has 0 aliphatic carbocycles. The molecule has 0 saturated heterocycles. The first-order valence-electron chi connectivity index (χ1n) is 6.52. The number of carbonyl (C=O) groups excluding carboxylic acids is 1. The van der Waals surface area contributed by atoms with Crippen molar-refractivity contribution in [1.29, 1.82) is 0 Å². The molecule has 2 aromatic rings. The van der Waals surface area contributed by atoms with Gasteiger partial charge < -0.3 is 5.32 Å². The van der Waals surface area contributed by atoms with E-state index in [9.17, 15) is 22.4 Å². The van der Waals surface area contributed by atoms with Crippen LogP contribution in [0, 0.1) is 5.82 Å². The molecule has 2 nitrogen and oxygen atoms in total. The summed E-state index contributed by atoms with van der Waals surface area (Å²) in [5.74, 6) is -1.17. The predicted octanol–water partition coefficient (Wildman–Crippen LogP) is 3.70. The van der Waals surface area contributed by atoms with E-state index in [0.717, 1.165) is 11.6 Å². The third-order valence-electron chi connectivity index (χ3n) is 3.06. The van der Waals surface area contributed by atoms with Crippen molar-refractivity contribution in [2.75, 3.05) is 0 Å². The van der Waals surface area contributed by atoms with Gasteiger partial charge in [0.15, 0.2) is 0 Å². The fourth-order valence-corrected chi connectivity index (χ4v) is 1.92. The van der Waals surface area contributed by atoms with Crippen LogP contribution in [0.15, 0.2) is 48.5 Å². The lowest BCUT2D eigenvalue weighted by Gasteiger charge is -2.11. The van der Waals surface area contributed by atoms with Gasteiger partial charge >= 0.3 is 6.18 Å². The molecular formula is C16H13F4NO. The second kappa shape index (κ2) is 6.60. The molecule has 0 unspecified atom stereocenters. The van der Waals surface area contributed by atoms with Crippen LogP contribution in [0.25, 0.3) is 0 Å². The van der Waals surface area contributed by atoms with Crippen LogP contribution < -0.4 is 5.32 Å². The van der Waals surface area contributed by atoms with Crippen LogP contribution in [0.1, 0.15) is 16.7 Å². The summed E-state index contributed by atoms with van der Waals surface area (Å²) in [5, 5.41) is 2.42. The first-order chi connectivity index (χ1) is 10.4. The molecule has 1 N–H and O–H groups in total. The van der Waals surface area contributed by atoms with Crippen molar-refractivity contribution in [1.82, 2.24) is 5.32 Å². The summed E-state index contributed by atoms with van der Waals surface area (Å²) >= 11 is 0. The Labute approximate surface area is 124 Å². The Kier molecular flexibility index (Phi) is 4.80. The van der Waals surface area contributed by atoms with E-state index in [4.69, 9.17) is 0 Å². The van der Waals surface area contributed by atoms with E-state index < -0.39 is 17.6 Å². The highest BCUT2D eigenvalue weighted by Gasteiger charge is 2.31. The summed E-state index contributed by atoms with van der Waals surface area (Å²) < 4.78 is 51.2. The molecule has 2 aromatic carbocycles. The second-order valence-corrected chi connectivity index (χ2v) is 4.74. The molecule has 0 aliphatic heterocycles. The molecule has 0 atom stereocenters. The maximum Gasteiger partial charge on any atom is 0.416 e. The third-order valence-corrected chi connectivity index (χ3v) is 3.06. The van der Waals surface area contributed by atoms with Crippen molar-refractivity contribution >= 4 is 5.91 Å². The molecule has 0 bridgehead atoms. The minimum absolute atomic E-state index is 0.0847. The van der Waals surface area contributed by atoms with E-state index in [1.807, 2.05) is 0 Å². The standard InChI is InChI=1S/C16H13F4NO/c17-14-7-6-13(16(18,19)20)9-12(14)10-21-15(22)8-11-4-2-1-3-5-11/h1-7,9H,8,10H2,(H,21,22). The fourth-order valence-electron chi connectivity index (χ4n) is 1.92. The number of hydrogen-bond donors (Lipinski definition) is 1. The lowest BCUT2D eigenvalue weighted by atomic mass is 10.1. The summed E-state index contributed by atoms with van der Waals surface area (Å²) in [6, 6.07) is 11.0. The van der Waals surface area contributed by atoms with Gasteiger partial charge in [0.1, 0.15) is 5.82 Å². The van der Waals surface area contributed by atoms with Crippen LogP contribution >= 0.6 is 0 Å². The van der Waals surface area contributed by atoms with Crippen LogP contribution in [0.3, 0.4) is 0 Å². The van der Waals surface area contributed by atoms with Gasteiger partial charge in [0, 0.05) is 12.1 Å². The Bertz CT molecular complexity index is 653. The summed E-state index contributed by atoms with van der Waals surface area (Å²) in [4.78, 5) is 11.7. The van der Waals surface area contributed by atoms with Gasteiger partial charge in [-0.05, 0) is 23.8 Å². The summed E-state index contributed by atoms with van der Waals surface area (Å²) in [5.41, 5.74) is -0.373. The largest absolute Gasteiger partial charge is 0.416 e. The molecule has 0 aromatic heterocycles. The zero-order chi connectivity index (χ0) is 16.2. The summed E-state index contributed by atoms with van der Waals surface area (Å²) in [7, 11) is 0. The van der Waals surface area contributed by atoms with E-state index >= 15 is 0 Å². The first kappa shape index (κ1) is 16.0. The highest BCUT2D eigenvalue weighted by atomic mass is 19.4. The molecule has 0 saturated carbocycles. The van der Waals surface area contributed by atoms with Gasteiger partial charge in [0.05, 0.1) is 12.0 Å². The van der Waals surface area contributed by atoms with E-state index in [1.165, 1.54) is 0 Å². The Morgan fingerprint density at radius 1 is 1.05 bits per heavy atom. The Morgan fingerprint density at radius 3 is 2.36 bits per heavy atom. The number of rotatable bonds is 4. The van der Waals surface area contributed by atoms with Gasteiger partial charge in [0.2, 0.25) is 5.91 Å². The Hall–Kier alpha value is -2.37. The molecule has 0 spiro atoms. The number of benzene rings is 2. The van der Waals surface area contributed by atoms with Gasteiger partial charge in [-0.1, -0.05) is 30.3 Å². The van der Waals surface area contributed by atoms with Crippen LogP contribution in [0.5, 0.6) is 0 Å². The van der Waals surface area contributed by atoms with Crippen LogP contribution in [-0.2, 0) is 23.9 Å². The molecule has 0 heterocycles. The minimum Gasteiger partial charge on any atom is -0.352 e. The molecule has 0 fully saturated rings. The molecule has 116 valence electrons. The molecule has 0 radical (unpaired) electrons. The molecule has 6 heteroatoms. The maximum absolute atomic E-state index is 13.5. The Balaban J connectivity index is 2.00. The minimum atomic E-state index is -4.55. The zero-order valence-corrected chi connectivity index (χ0v) is 11.5. The summed E-state index contributed by atoms with van der Waals surface area (Å²) in [6.45, 7) is -0.290. The number of amides is 1. The third kappa shape index (κ3) is 4.31. The average Bonchev–Trinajstić information content (AvgIpc) is 2.46. The molecular weight excluding hydrogens is 298 g/mol. The van der Waals surface area contributed by atoms with Crippen LogP contribution in [0.4, 0.5) is 17.6 Å². The van der Waals surface area contributed by atoms with E-state index in [2.05, 4.69) is 5.32 Å². The normalized spacial score (nSPS) is 11.3. The second-order valence-electron chi connectivity index (χ2n) is 4.74. The first-order valence-corrected chi connectivity index (χ1v) is 6.52. The highest BCUT2D eigenvalue weighted by Crippen LogP contribution is 2.30. The quantitative estimate of drug-likeness (QED) is 0.857. The summed E-state index contributed by atoms with van der Waals surface area (Å²) in [6.07, 6.45) is -4.46. The smallest absolute Gasteiger partial charge is 0.352 e. The lowest BCUT2D eigenvalue weighted by molar-refractivity contribution is -0.137. The zero-order valence-electron chi connectivity index (χ0n) is 11.5. The number of nitrogens with one attached hydrogen (secondary N) is 1. The van der Waals surface area contributed by atoms with Crippen molar-refractivity contribution in [2.45, 2.75) is 19.1 Å². The van der Waals surface area contributed by atoms with E-state index in [0.29, 0.717) is 12.1 Å². The van der Waals surface area contributed by atoms with Gasteiger partial charge in [-0.15, -0.1) is 0 Å². The highest BCUT2D eigenvalue weighted by molar-refractivity contribution is 5.78. The molecule has 22 heavy (non-hydrogen) atoms. The van der Waals surface area contributed by atoms with Gasteiger partial charge in [0.25, 0.3) is 0 Å². The molecule has 0 aliphatic rings. The number of hydrogen-bond acceptors (Lipinski definition) is 1. The van der Waals surface area contributed by atoms with Crippen LogP contribution in [-0.4, -0.2) is 5.91 Å². The topological polar surface area (TPSA) is 29.1 Å². The SMILES string of the molecule is O=C(Cc1ccccc1)NCc1cc(C(F)(F)F)ccc1F. The Morgan fingerprint density at radius 2 is 1.73 bits per heavy atom. The van der Waals surface area contributed by atoms with Gasteiger partial charge in [-0.2, -0.15) is 13.2 Å². The fraction of sp³-hybridized carbons (Fsp3) is 0.188. The molecule has 2 rings (SSSR count). The predicted molar refractivity (Wildman–Crippen MR) is 73.4 cm³/mol. The maximum atomic E-state index is 13.5. The van der Waals surface area contributed by atoms with Crippen molar-refractivity contribution in [2.24, 2.45) is 0 Å². The lowest BCUT2D eigenvalue weighted by Crippen LogP contribution is -2.25. The van der Waals surface area contributed by atoms with Crippen molar-refractivity contribution in [3.8, 4) is 0 Å². The van der Waals surface area contributed by atoms with Crippen molar-refractivity contribution < 1.29 is 22.4 Å². The van der Waals surface area contributed by atoms with Crippen molar-refractivity contribution in [3.05, 3.63) is 71.0 Å². The van der Waals surface area contributed by atoms with E-state index in [-0.39, 0.29) is 24.4 Å².